The minimum absolute atomic E-state index is 0.252. The van der Waals surface area contributed by atoms with E-state index in [0.29, 0.717) is 17.7 Å². The highest BCUT2D eigenvalue weighted by Gasteiger charge is 2.09. The summed E-state index contributed by atoms with van der Waals surface area (Å²) in [6.07, 6.45) is 0.356. The molecule has 0 radical (unpaired) electrons. The average Bonchev–Trinajstić information content (AvgIpc) is 2.78. The van der Waals surface area contributed by atoms with E-state index >= 15 is 0 Å². The fraction of sp³-hybridized carbons (Fsp3) is 0.167. The summed E-state index contributed by atoms with van der Waals surface area (Å²) in [5.74, 6) is -0.883. The molecule has 0 saturated heterocycles. The molecule has 1 N–H and O–H groups in total. The van der Waals surface area contributed by atoms with Crippen LogP contribution in [0.25, 0.3) is 11.1 Å². The number of hydrogen-bond donors (Lipinski definition) is 1. The Morgan fingerprint density at radius 3 is 2.20 bits per heavy atom. The lowest BCUT2D eigenvalue weighted by molar-refractivity contribution is -0.150. The van der Waals surface area contributed by atoms with Crippen LogP contribution in [0.2, 0.25) is 0 Å². The Morgan fingerprint density at radius 1 is 0.800 bits per heavy atom. The largest absolute Gasteiger partial charge is 0.482 e. The molecule has 5 nitrogen and oxygen atoms in total. The zero-order chi connectivity index (χ0) is 21.2. The maximum Gasteiger partial charge on any atom is 0.344 e. The Morgan fingerprint density at radius 2 is 1.47 bits per heavy atom. The van der Waals surface area contributed by atoms with Gasteiger partial charge in [0.1, 0.15) is 11.6 Å². The van der Waals surface area contributed by atoms with Crippen LogP contribution in [-0.2, 0) is 20.7 Å². The Labute approximate surface area is 174 Å². The molecule has 1 amide bonds. The summed E-state index contributed by atoms with van der Waals surface area (Å²) in [7, 11) is 0. The summed E-state index contributed by atoms with van der Waals surface area (Å²) < 4.78 is 23.8. The first-order valence-electron chi connectivity index (χ1n) is 9.56. The van der Waals surface area contributed by atoms with Crippen LogP contribution in [-0.4, -0.2) is 31.6 Å². The summed E-state index contributed by atoms with van der Waals surface area (Å²) in [6, 6.07) is 23.6. The molecule has 154 valence electrons. The molecule has 30 heavy (non-hydrogen) atoms. The van der Waals surface area contributed by atoms with Gasteiger partial charge < -0.3 is 14.8 Å². The van der Waals surface area contributed by atoms with E-state index in [1.54, 1.807) is 30.3 Å². The summed E-state index contributed by atoms with van der Waals surface area (Å²) in [5, 5.41) is 2.59. The van der Waals surface area contributed by atoms with Crippen molar-refractivity contribution in [3.05, 3.63) is 90.2 Å². The number of carbonyl (C=O) groups excluding carboxylic acids is 2. The SMILES string of the molecule is O=C(COC(=O)COc1ccc(-c2ccccc2)cc1)NCCc1ccccc1F. The minimum atomic E-state index is -0.647. The summed E-state index contributed by atoms with van der Waals surface area (Å²) in [4.78, 5) is 23.5. The third-order valence-electron chi connectivity index (χ3n) is 4.36. The maximum absolute atomic E-state index is 13.5. The first-order valence-corrected chi connectivity index (χ1v) is 9.56. The summed E-state index contributed by atoms with van der Waals surface area (Å²) in [6.45, 7) is -0.457. The van der Waals surface area contributed by atoms with Crippen molar-refractivity contribution >= 4 is 11.9 Å². The molecule has 0 aromatic heterocycles. The van der Waals surface area contributed by atoms with E-state index in [9.17, 15) is 14.0 Å². The van der Waals surface area contributed by atoms with E-state index in [-0.39, 0.29) is 19.0 Å². The van der Waals surface area contributed by atoms with Gasteiger partial charge in [-0.25, -0.2) is 9.18 Å². The molecule has 0 saturated carbocycles. The second kappa shape index (κ2) is 10.8. The molecular weight excluding hydrogens is 385 g/mol. The van der Waals surface area contributed by atoms with Crippen molar-refractivity contribution in [2.24, 2.45) is 0 Å². The van der Waals surface area contributed by atoms with Crippen molar-refractivity contribution < 1.29 is 23.5 Å². The van der Waals surface area contributed by atoms with Gasteiger partial charge in [0.15, 0.2) is 13.2 Å². The van der Waals surface area contributed by atoms with Crippen molar-refractivity contribution in [3.63, 3.8) is 0 Å². The van der Waals surface area contributed by atoms with Crippen LogP contribution < -0.4 is 10.1 Å². The van der Waals surface area contributed by atoms with Crippen LogP contribution >= 0.6 is 0 Å². The van der Waals surface area contributed by atoms with E-state index in [1.807, 2.05) is 42.5 Å². The molecule has 3 aromatic rings. The van der Waals surface area contributed by atoms with Gasteiger partial charge in [-0.3, -0.25) is 4.79 Å². The van der Waals surface area contributed by atoms with Crippen molar-refractivity contribution in [1.82, 2.24) is 5.32 Å². The number of esters is 1. The highest BCUT2D eigenvalue weighted by molar-refractivity contribution is 5.80. The fourth-order valence-electron chi connectivity index (χ4n) is 2.79. The number of rotatable bonds is 9. The topological polar surface area (TPSA) is 64.6 Å². The molecule has 0 unspecified atom stereocenters. The standard InChI is InChI=1S/C24H22FNO4/c25-22-9-5-4-8-20(22)14-15-26-23(27)16-30-24(28)17-29-21-12-10-19(11-13-21)18-6-2-1-3-7-18/h1-13H,14-17H2,(H,26,27). The van der Waals surface area contributed by atoms with Crippen LogP contribution in [0.1, 0.15) is 5.56 Å². The first kappa shape index (κ1) is 21.0. The zero-order valence-electron chi connectivity index (χ0n) is 16.3. The molecular formula is C24H22FNO4. The van der Waals surface area contributed by atoms with Crippen molar-refractivity contribution in [3.8, 4) is 16.9 Å². The van der Waals surface area contributed by atoms with E-state index in [1.165, 1.54) is 6.07 Å². The third-order valence-corrected chi connectivity index (χ3v) is 4.36. The Bertz CT molecular complexity index is 974. The molecule has 3 rings (SSSR count). The molecule has 0 aliphatic rings. The molecule has 0 fully saturated rings. The molecule has 0 aliphatic carbocycles. The van der Waals surface area contributed by atoms with Gasteiger partial charge in [-0.05, 0) is 41.3 Å². The van der Waals surface area contributed by atoms with Gasteiger partial charge in [0.05, 0.1) is 0 Å². The number of halogens is 1. The van der Waals surface area contributed by atoms with Gasteiger partial charge >= 0.3 is 5.97 Å². The average molecular weight is 407 g/mol. The van der Waals surface area contributed by atoms with Gasteiger partial charge in [0.2, 0.25) is 0 Å². The normalized spacial score (nSPS) is 10.3. The van der Waals surface area contributed by atoms with E-state index in [4.69, 9.17) is 9.47 Å². The predicted octanol–water partition coefficient (Wildman–Crippen LogP) is 3.77. The van der Waals surface area contributed by atoms with Crippen molar-refractivity contribution in [2.45, 2.75) is 6.42 Å². The Balaban J connectivity index is 1.34. The quantitative estimate of drug-likeness (QED) is 0.549. The van der Waals surface area contributed by atoms with Gasteiger partial charge in [0.25, 0.3) is 5.91 Å². The lowest BCUT2D eigenvalue weighted by atomic mass is 10.1. The lowest BCUT2D eigenvalue weighted by Gasteiger charge is -2.09. The van der Waals surface area contributed by atoms with Gasteiger partial charge in [-0.2, -0.15) is 0 Å². The Hall–Kier alpha value is -3.67. The maximum atomic E-state index is 13.5. The molecule has 6 heteroatoms. The number of hydrogen-bond acceptors (Lipinski definition) is 4. The molecule has 0 aliphatic heterocycles. The number of benzene rings is 3. The molecule has 0 bridgehead atoms. The van der Waals surface area contributed by atoms with Gasteiger partial charge in [0, 0.05) is 6.54 Å². The van der Waals surface area contributed by atoms with Gasteiger partial charge in [-0.15, -0.1) is 0 Å². The van der Waals surface area contributed by atoms with Crippen LogP contribution in [0.3, 0.4) is 0 Å². The number of ether oxygens (including phenoxy) is 2. The summed E-state index contributed by atoms with van der Waals surface area (Å²) >= 11 is 0. The first-order chi connectivity index (χ1) is 14.6. The van der Waals surface area contributed by atoms with Crippen LogP contribution in [0.4, 0.5) is 4.39 Å². The highest BCUT2D eigenvalue weighted by Crippen LogP contribution is 2.22. The molecule has 0 spiro atoms. The zero-order valence-corrected chi connectivity index (χ0v) is 16.3. The highest BCUT2D eigenvalue weighted by atomic mass is 19.1. The molecule has 0 atom stereocenters. The van der Waals surface area contributed by atoms with Crippen LogP contribution in [0.5, 0.6) is 5.75 Å². The fourth-order valence-corrected chi connectivity index (χ4v) is 2.79. The van der Waals surface area contributed by atoms with Crippen LogP contribution in [0, 0.1) is 5.82 Å². The smallest absolute Gasteiger partial charge is 0.344 e. The van der Waals surface area contributed by atoms with Gasteiger partial charge in [-0.1, -0.05) is 60.7 Å². The molecule has 3 aromatic carbocycles. The summed E-state index contributed by atoms with van der Waals surface area (Å²) in [5.41, 5.74) is 2.64. The number of nitrogens with one attached hydrogen (secondary N) is 1. The lowest BCUT2D eigenvalue weighted by Crippen LogP contribution is -2.31. The molecule has 0 heterocycles. The second-order valence-electron chi connectivity index (χ2n) is 6.53. The number of carbonyl (C=O) groups is 2. The monoisotopic (exact) mass is 407 g/mol. The van der Waals surface area contributed by atoms with E-state index in [0.717, 1.165) is 11.1 Å². The Kier molecular flexibility index (Phi) is 7.55. The second-order valence-corrected chi connectivity index (χ2v) is 6.53. The van der Waals surface area contributed by atoms with Crippen LogP contribution in [0.15, 0.2) is 78.9 Å². The van der Waals surface area contributed by atoms with E-state index in [2.05, 4.69) is 5.32 Å². The minimum Gasteiger partial charge on any atom is -0.482 e. The van der Waals surface area contributed by atoms with Crippen molar-refractivity contribution in [1.29, 1.82) is 0 Å². The number of amides is 1. The van der Waals surface area contributed by atoms with Crippen molar-refractivity contribution in [2.75, 3.05) is 19.8 Å². The van der Waals surface area contributed by atoms with E-state index < -0.39 is 18.5 Å². The predicted molar refractivity (Wildman–Crippen MR) is 111 cm³/mol. The third kappa shape index (κ3) is 6.44.